The van der Waals surface area contributed by atoms with Gasteiger partial charge < -0.3 is 30.3 Å². The zero-order chi connectivity index (χ0) is 29.1. The Morgan fingerprint density at radius 3 is 2.24 bits per heavy atom. The third kappa shape index (κ3) is 6.17. The third-order valence-corrected chi connectivity index (χ3v) is 6.80. The summed E-state index contributed by atoms with van der Waals surface area (Å²) in [4.78, 5) is 36.0. The first-order chi connectivity index (χ1) is 19.6. The van der Waals surface area contributed by atoms with Gasteiger partial charge in [0.1, 0.15) is 17.3 Å². The van der Waals surface area contributed by atoms with Crippen LogP contribution < -0.4 is 10.2 Å². The van der Waals surface area contributed by atoms with Gasteiger partial charge in [-0.1, -0.05) is 42.5 Å². The van der Waals surface area contributed by atoms with Gasteiger partial charge in [-0.25, -0.2) is 4.98 Å². The van der Waals surface area contributed by atoms with Crippen LogP contribution in [0, 0.1) is 0 Å². The Hall–Kier alpha value is -4.84. The highest BCUT2D eigenvalue weighted by molar-refractivity contribution is 6.04. The number of aliphatic hydroxyl groups excluding tert-OH is 1. The van der Waals surface area contributed by atoms with Crippen molar-refractivity contribution in [3.05, 3.63) is 95.8 Å². The summed E-state index contributed by atoms with van der Waals surface area (Å²) in [5, 5.41) is 22.3. The second-order valence-corrected chi connectivity index (χ2v) is 9.50. The smallest absolute Gasteiger partial charge is 0.418 e. The standard InChI is InChI=1S/C29H26F3N5O4/c30-29(31,32)22-16-23(18-4-2-1-3-5-18)35-25(22)27(40)34-20-8-11-24(33-17-20)36-12-14-37(15-13-36)28(41)26(39)19-6-9-21(38)10-7-19/h1-11,16-17,26,35,38-39H,12-15H2,(H,34,40). The molecule has 0 aliphatic carbocycles. The minimum Gasteiger partial charge on any atom is -0.508 e. The Morgan fingerprint density at radius 2 is 1.63 bits per heavy atom. The first-order valence-corrected chi connectivity index (χ1v) is 12.7. The number of nitrogens with zero attached hydrogens (tertiary/aromatic N) is 3. The van der Waals surface area contributed by atoms with E-state index >= 15 is 0 Å². The van der Waals surface area contributed by atoms with E-state index in [0.717, 1.165) is 6.07 Å². The lowest BCUT2D eigenvalue weighted by molar-refractivity contribution is -0.141. The lowest BCUT2D eigenvalue weighted by Gasteiger charge is -2.36. The summed E-state index contributed by atoms with van der Waals surface area (Å²) in [6.07, 6.45) is -4.72. The molecular formula is C29H26F3N5O4. The number of pyridine rings is 1. The predicted molar refractivity (Wildman–Crippen MR) is 145 cm³/mol. The molecule has 1 fully saturated rings. The van der Waals surface area contributed by atoms with Gasteiger partial charge in [0.2, 0.25) is 0 Å². The summed E-state index contributed by atoms with van der Waals surface area (Å²) in [7, 11) is 0. The van der Waals surface area contributed by atoms with Crippen LogP contribution in [0.2, 0.25) is 0 Å². The molecule has 0 saturated carbocycles. The molecule has 1 unspecified atom stereocenters. The number of aliphatic hydroxyl groups is 1. The van der Waals surface area contributed by atoms with Gasteiger partial charge in [-0.15, -0.1) is 0 Å². The van der Waals surface area contributed by atoms with Crippen LogP contribution in [0.3, 0.4) is 0 Å². The van der Waals surface area contributed by atoms with E-state index in [1.54, 1.807) is 47.4 Å². The summed E-state index contributed by atoms with van der Waals surface area (Å²) in [5.74, 6) is -0.795. The molecule has 9 nitrogen and oxygen atoms in total. The quantitative estimate of drug-likeness (QED) is 0.274. The summed E-state index contributed by atoms with van der Waals surface area (Å²) >= 11 is 0. The van der Waals surface area contributed by atoms with Gasteiger partial charge in [0, 0.05) is 31.9 Å². The van der Waals surface area contributed by atoms with Gasteiger partial charge in [0.25, 0.3) is 11.8 Å². The van der Waals surface area contributed by atoms with Crippen molar-refractivity contribution in [3.8, 4) is 17.0 Å². The Labute approximate surface area is 232 Å². The van der Waals surface area contributed by atoms with Gasteiger partial charge in [-0.2, -0.15) is 13.2 Å². The van der Waals surface area contributed by atoms with Gasteiger partial charge in [0.05, 0.1) is 17.4 Å². The maximum absolute atomic E-state index is 13.7. The number of phenolic OH excluding ortho intramolecular Hbond substituents is 1. The highest BCUT2D eigenvalue weighted by Gasteiger charge is 2.37. The fourth-order valence-corrected chi connectivity index (χ4v) is 4.60. The number of H-pyrrole nitrogens is 1. The van der Waals surface area contributed by atoms with Crippen molar-refractivity contribution in [2.75, 3.05) is 36.4 Å². The molecule has 0 spiro atoms. The highest BCUT2D eigenvalue weighted by Crippen LogP contribution is 2.35. The van der Waals surface area contributed by atoms with E-state index in [2.05, 4.69) is 15.3 Å². The normalized spacial score (nSPS) is 14.5. The van der Waals surface area contributed by atoms with Gasteiger partial charge in [-0.05, 0) is 41.5 Å². The molecule has 5 rings (SSSR count). The Balaban J connectivity index is 1.21. The molecule has 4 N–H and O–H groups in total. The number of anilines is 2. The van der Waals surface area contributed by atoms with Gasteiger partial charge in [-0.3, -0.25) is 9.59 Å². The van der Waals surface area contributed by atoms with Crippen LogP contribution in [0.5, 0.6) is 5.75 Å². The van der Waals surface area contributed by atoms with E-state index in [-0.39, 0.29) is 17.1 Å². The Kier molecular flexibility index (Phi) is 7.66. The minimum absolute atomic E-state index is 0.0349. The topological polar surface area (TPSA) is 122 Å². The largest absolute Gasteiger partial charge is 0.508 e. The molecule has 0 radical (unpaired) electrons. The zero-order valence-corrected chi connectivity index (χ0v) is 21.6. The number of benzene rings is 2. The number of phenols is 1. The van der Waals surface area contributed by atoms with E-state index in [4.69, 9.17) is 0 Å². The average molecular weight is 566 g/mol. The molecule has 1 saturated heterocycles. The number of aromatic nitrogens is 2. The maximum Gasteiger partial charge on any atom is 0.418 e. The molecule has 2 amide bonds. The number of aromatic hydroxyl groups is 1. The van der Waals surface area contributed by atoms with Crippen molar-refractivity contribution in [2.24, 2.45) is 0 Å². The van der Waals surface area contributed by atoms with Crippen molar-refractivity contribution in [1.82, 2.24) is 14.9 Å². The van der Waals surface area contributed by atoms with E-state index in [1.807, 2.05) is 4.90 Å². The molecule has 4 aromatic rings. The monoisotopic (exact) mass is 565 g/mol. The summed E-state index contributed by atoms with van der Waals surface area (Å²) in [6.45, 7) is 1.55. The number of carbonyl (C=O) groups is 2. The molecule has 2 aromatic heterocycles. The Morgan fingerprint density at radius 1 is 0.951 bits per heavy atom. The number of alkyl halides is 3. The molecule has 212 valence electrons. The number of halogens is 3. The summed E-state index contributed by atoms with van der Waals surface area (Å²) in [6, 6.07) is 18.3. The number of aromatic amines is 1. The van der Waals surface area contributed by atoms with Gasteiger partial charge >= 0.3 is 6.18 Å². The van der Waals surface area contributed by atoms with Crippen LogP contribution in [0.25, 0.3) is 11.3 Å². The fraction of sp³-hybridized carbons (Fsp3) is 0.207. The number of piperazine rings is 1. The number of nitrogens with one attached hydrogen (secondary N) is 2. The van der Waals surface area contributed by atoms with Crippen LogP contribution >= 0.6 is 0 Å². The fourth-order valence-electron chi connectivity index (χ4n) is 4.60. The minimum atomic E-state index is -4.73. The third-order valence-electron chi connectivity index (χ3n) is 6.80. The van der Waals surface area contributed by atoms with Crippen LogP contribution in [0.4, 0.5) is 24.7 Å². The first-order valence-electron chi connectivity index (χ1n) is 12.7. The second kappa shape index (κ2) is 11.3. The highest BCUT2D eigenvalue weighted by atomic mass is 19.4. The van der Waals surface area contributed by atoms with Crippen LogP contribution in [0.1, 0.15) is 27.7 Å². The summed E-state index contributed by atoms with van der Waals surface area (Å²) in [5.41, 5.74) is -0.386. The number of carbonyl (C=O) groups excluding carboxylic acids is 2. The van der Waals surface area contributed by atoms with Crippen LogP contribution in [-0.4, -0.2) is 63.1 Å². The predicted octanol–water partition coefficient (Wildman–Crippen LogP) is 4.44. The second-order valence-electron chi connectivity index (χ2n) is 9.50. The zero-order valence-electron chi connectivity index (χ0n) is 21.6. The average Bonchev–Trinajstić information content (AvgIpc) is 3.45. The van der Waals surface area contributed by atoms with E-state index in [0.29, 0.717) is 43.1 Å². The SMILES string of the molecule is O=C(Nc1ccc(N2CCN(C(=O)C(O)c3ccc(O)cc3)CC2)nc1)c1[nH]c(-c2ccccc2)cc1C(F)(F)F. The molecule has 41 heavy (non-hydrogen) atoms. The van der Waals surface area contributed by atoms with Crippen molar-refractivity contribution in [2.45, 2.75) is 12.3 Å². The molecular weight excluding hydrogens is 539 g/mol. The van der Waals surface area contributed by atoms with Crippen molar-refractivity contribution < 1.29 is 33.0 Å². The van der Waals surface area contributed by atoms with Crippen LogP contribution in [-0.2, 0) is 11.0 Å². The number of amides is 2. The van der Waals surface area contributed by atoms with E-state index < -0.39 is 35.4 Å². The van der Waals surface area contributed by atoms with E-state index in [9.17, 15) is 33.0 Å². The molecule has 1 aliphatic rings. The Bertz CT molecular complexity index is 1520. The van der Waals surface area contributed by atoms with Crippen LogP contribution in [0.15, 0.2) is 79.0 Å². The molecule has 1 atom stereocenters. The lowest BCUT2D eigenvalue weighted by Crippen LogP contribution is -2.50. The molecule has 12 heteroatoms. The molecule has 2 aromatic carbocycles. The summed E-state index contributed by atoms with van der Waals surface area (Å²) < 4.78 is 41.1. The molecule has 1 aliphatic heterocycles. The van der Waals surface area contributed by atoms with Crippen molar-refractivity contribution >= 4 is 23.3 Å². The lowest BCUT2D eigenvalue weighted by atomic mass is 10.1. The maximum atomic E-state index is 13.7. The number of hydrogen-bond donors (Lipinski definition) is 4. The number of hydrogen-bond acceptors (Lipinski definition) is 6. The molecule has 3 heterocycles. The van der Waals surface area contributed by atoms with Crippen molar-refractivity contribution in [3.63, 3.8) is 0 Å². The molecule has 0 bridgehead atoms. The van der Waals surface area contributed by atoms with E-state index in [1.165, 1.54) is 30.5 Å². The number of rotatable bonds is 6. The first kappa shape index (κ1) is 27.7. The van der Waals surface area contributed by atoms with Gasteiger partial charge in [0.15, 0.2) is 6.10 Å². The van der Waals surface area contributed by atoms with Crippen molar-refractivity contribution in [1.29, 1.82) is 0 Å².